The van der Waals surface area contributed by atoms with Crippen LogP contribution in [0.25, 0.3) is 0 Å². The molecule has 0 saturated carbocycles. The molecule has 1 aromatic carbocycles. The van der Waals surface area contributed by atoms with Gasteiger partial charge in [-0.05, 0) is 19.1 Å². The van der Waals surface area contributed by atoms with Crippen LogP contribution in [0.1, 0.15) is 17.3 Å². The van der Waals surface area contributed by atoms with Crippen molar-refractivity contribution in [2.24, 2.45) is 0 Å². The number of hydrogen-bond donors (Lipinski definition) is 0. The Morgan fingerprint density at radius 1 is 1.28 bits per heavy atom. The maximum Gasteiger partial charge on any atom is 0.339 e. The second-order valence-corrected chi connectivity index (χ2v) is 4.08. The number of carbonyl (C=O) groups excluding carboxylic acids is 1. The Balaban J connectivity index is 2.95. The monoisotopic (exact) mass is 292 g/mol. The van der Waals surface area contributed by atoms with E-state index < -0.39 is 5.97 Å². The van der Waals surface area contributed by atoms with Gasteiger partial charge in [0.05, 0.1) is 28.8 Å². The van der Waals surface area contributed by atoms with Crippen LogP contribution in [0.3, 0.4) is 0 Å². The number of hydrogen-bond acceptors (Lipinski definition) is 4. The lowest BCUT2D eigenvalue weighted by molar-refractivity contribution is 0.0526. The molecule has 0 aliphatic carbocycles. The van der Waals surface area contributed by atoms with Gasteiger partial charge in [0.1, 0.15) is 6.61 Å². The van der Waals surface area contributed by atoms with E-state index >= 15 is 0 Å². The molecule has 0 N–H and O–H groups in total. The minimum atomic E-state index is -0.504. The van der Waals surface area contributed by atoms with Gasteiger partial charge in [-0.25, -0.2) is 4.79 Å². The Morgan fingerprint density at radius 2 is 2.00 bits per heavy atom. The molecule has 1 rings (SSSR count). The highest BCUT2D eigenvalue weighted by molar-refractivity contribution is 6.39. The standard InChI is InChI=1S/C12H14Cl2O4/c1-3-17-12(15)8-4-5-9(13)11(10(8)14)18-7-6-16-2/h4-5H,3,6-7H2,1-2H3. The molecule has 1 aromatic rings. The number of rotatable bonds is 6. The summed E-state index contributed by atoms with van der Waals surface area (Å²) < 4.78 is 15.1. The fourth-order valence-corrected chi connectivity index (χ4v) is 1.82. The summed E-state index contributed by atoms with van der Waals surface area (Å²) in [5.74, 6) is -0.239. The third-order valence-electron chi connectivity index (χ3n) is 2.08. The fourth-order valence-electron chi connectivity index (χ4n) is 1.26. The summed E-state index contributed by atoms with van der Waals surface area (Å²) in [5.41, 5.74) is 0.232. The molecule has 0 unspecified atom stereocenters. The first-order valence-corrected chi connectivity index (χ1v) is 6.14. The number of methoxy groups -OCH3 is 1. The third kappa shape index (κ3) is 3.77. The minimum Gasteiger partial charge on any atom is -0.488 e. The molecule has 0 aliphatic rings. The first-order chi connectivity index (χ1) is 8.61. The zero-order valence-corrected chi connectivity index (χ0v) is 11.7. The molecule has 0 saturated heterocycles. The van der Waals surface area contributed by atoms with E-state index in [-0.39, 0.29) is 22.9 Å². The van der Waals surface area contributed by atoms with Crippen LogP contribution in [-0.2, 0) is 9.47 Å². The summed E-state index contributed by atoms with van der Waals surface area (Å²) >= 11 is 12.0. The molecule has 0 amide bonds. The molecule has 0 aliphatic heterocycles. The Hall–Kier alpha value is -0.970. The molecule has 0 atom stereocenters. The molecule has 0 bridgehead atoms. The van der Waals surface area contributed by atoms with Crippen molar-refractivity contribution >= 4 is 29.2 Å². The summed E-state index contributed by atoms with van der Waals surface area (Å²) in [6, 6.07) is 3.05. The predicted molar refractivity (Wildman–Crippen MR) is 69.8 cm³/mol. The molecule has 0 spiro atoms. The van der Waals surface area contributed by atoms with Crippen LogP contribution in [0.4, 0.5) is 0 Å². The normalized spacial score (nSPS) is 10.2. The van der Waals surface area contributed by atoms with Crippen LogP contribution in [0.5, 0.6) is 5.75 Å². The van der Waals surface area contributed by atoms with Crippen LogP contribution in [0.2, 0.25) is 10.0 Å². The van der Waals surface area contributed by atoms with Crippen LogP contribution in [-0.4, -0.2) is 32.9 Å². The van der Waals surface area contributed by atoms with Crippen LogP contribution < -0.4 is 4.74 Å². The van der Waals surface area contributed by atoms with Gasteiger partial charge in [0.2, 0.25) is 0 Å². The topological polar surface area (TPSA) is 44.8 Å². The zero-order valence-electron chi connectivity index (χ0n) is 10.2. The molecule has 0 aromatic heterocycles. The number of carbonyl (C=O) groups is 1. The van der Waals surface area contributed by atoms with Crippen molar-refractivity contribution in [3.8, 4) is 5.75 Å². The first kappa shape index (κ1) is 15.1. The van der Waals surface area contributed by atoms with Gasteiger partial charge in [0, 0.05) is 7.11 Å². The lowest BCUT2D eigenvalue weighted by Gasteiger charge is -2.12. The SMILES string of the molecule is CCOC(=O)c1ccc(Cl)c(OCCOC)c1Cl. The van der Waals surface area contributed by atoms with E-state index in [1.165, 1.54) is 6.07 Å². The molecule has 0 radical (unpaired) electrons. The number of halogens is 2. The molecular formula is C12H14Cl2O4. The van der Waals surface area contributed by atoms with E-state index in [0.717, 1.165) is 0 Å². The minimum absolute atomic E-state index is 0.150. The Kier molecular flexibility index (Phi) is 6.25. The van der Waals surface area contributed by atoms with Crippen molar-refractivity contribution in [3.63, 3.8) is 0 Å². The second-order valence-electron chi connectivity index (χ2n) is 3.30. The van der Waals surface area contributed by atoms with E-state index in [4.69, 9.17) is 37.4 Å². The number of ether oxygens (including phenoxy) is 3. The van der Waals surface area contributed by atoms with E-state index in [1.54, 1.807) is 20.1 Å². The van der Waals surface area contributed by atoms with Crippen molar-refractivity contribution in [2.75, 3.05) is 26.9 Å². The molecule has 0 fully saturated rings. The molecule has 100 valence electrons. The average molecular weight is 293 g/mol. The third-order valence-corrected chi connectivity index (χ3v) is 2.75. The van der Waals surface area contributed by atoms with Crippen molar-refractivity contribution in [1.29, 1.82) is 0 Å². The van der Waals surface area contributed by atoms with E-state index in [1.807, 2.05) is 0 Å². The predicted octanol–water partition coefficient (Wildman–Crippen LogP) is 3.20. The lowest BCUT2D eigenvalue weighted by Crippen LogP contribution is -2.09. The van der Waals surface area contributed by atoms with Crippen LogP contribution in [0.15, 0.2) is 12.1 Å². The summed E-state index contributed by atoms with van der Waals surface area (Å²) in [6.45, 7) is 2.69. The maximum absolute atomic E-state index is 11.6. The highest BCUT2D eigenvalue weighted by Crippen LogP contribution is 2.35. The Labute approximate surface area is 116 Å². The van der Waals surface area contributed by atoms with Gasteiger partial charge in [-0.15, -0.1) is 0 Å². The van der Waals surface area contributed by atoms with Gasteiger partial charge in [0.15, 0.2) is 5.75 Å². The Bertz CT molecular complexity index is 421. The lowest BCUT2D eigenvalue weighted by atomic mass is 10.2. The van der Waals surface area contributed by atoms with Gasteiger partial charge < -0.3 is 14.2 Å². The van der Waals surface area contributed by atoms with Gasteiger partial charge in [-0.1, -0.05) is 23.2 Å². The number of benzene rings is 1. The van der Waals surface area contributed by atoms with Crippen LogP contribution in [0, 0.1) is 0 Å². The van der Waals surface area contributed by atoms with Gasteiger partial charge in [0.25, 0.3) is 0 Å². The van der Waals surface area contributed by atoms with Crippen molar-refractivity contribution in [3.05, 3.63) is 27.7 Å². The average Bonchev–Trinajstić information content (AvgIpc) is 2.33. The maximum atomic E-state index is 11.6. The Morgan fingerprint density at radius 3 is 2.61 bits per heavy atom. The highest BCUT2D eigenvalue weighted by atomic mass is 35.5. The smallest absolute Gasteiger partial charge is 0.339 e. The van der Waals surface area contributed by atoms with Crippen molar-refractivity contribution in [2.45, 2.75) is 6.92 Å². The highest BCUT2D eigenvalue weighted by Gasteiger charge is 2.18. The molecule has 18 heavy (non-hydrogen) atoms. The van der Waals surface area contributed by atoms with Crippen molar-refractivity contribution < 1.29 is 19.0 Å². The van der Waals surface area contributed by atoms with Crippen molar-refractivity contribution in [1.82, 2.24) is 0 Å². The van der Waals surface area contributed by atoms with Gasteiger partial charge in [-0.3, -0.25) is 0 Å². The van der Waals surface area contributed by atoms with Gasteiger partial charge in [-0.2, -0.15) is 0 Å². The zero-order chi connectivity index (χ0) is 13.5. The molecular weight excluding hydrogens is 279 g/mol. The van der Waals surface area contributed by atoms with E-state index in [9.17, 15) is 4.79 Å². The van der Waals surface area contributed by atoms with E-state index in [2.05, 4.69) is 0 Å². The van der Waals surface area contributed by atoms with Gasteiger partial charge >= 0.3 is 5.97 Å². The second kappa shape index (κ2) is 7.46. The summed E-state index contributed by atoms with van der Waals surface area (Å²) in [6.07, 6.45) is 0. The van der Waals surface area contributed by atoms with E-state index in [0.29, 0.717) is 18.2 Å². The molecule has 0 heterocycles. The molecule has 4 nitrogen and oxygen atoms in total. The largest absolute Gasteiger partial charge is 0.488 e. The fraction of sp³-hybridized carbons (Fsp3) is 0.417. The quantitative estimate of drug-likeness (QED) is 0.597. The summed E-state index contributed by atoms with van der Waals surface area (Å²) in [7, 11) is 1.56. The summed E-state index contributed by atoms with van der Waals surface area (Å²) in [4.78, 5) is 11.6. The van der Waals surface area contributed by atoms with Crippen LogP contribution >= 0.6 is 23.2 Å². The first-order valence-electron chi connectivity index (χ1n) is 5.38. The number of esters is 1. The summed E-state index contributed by atoms with van der Waals surface area (Å²) in [5, 5.41) is 0.487. The molecule has 6 heteroatoms.